The zero-order valence-electron chi connectivity index (χ0n) is 10.4. The van der Waals surface area contributed by atoms with E-state index in [1.165, 1.54) is 10.5 Å². The predicted molar refractivity (Wildman–Crippen MR) is 78.8 cm³/mol. The van der Waals surface area contributed by atoms with Crippen LogP contribution in [0.2, 0.25) is 0 Å². The Morgan fingerprint density at radius 2 is 2.28 bits per heavy atom. The Morgan fingerprint density at radius 3 is 2.89 bits per heavy atom. The Bertz CT molecular complexity index is 497. The van der Waals surface area contributed by atoms with Crippen LogP contribution in [-0.4, -0.2) is 16.0 Å². The minimum absolute atomic E-state index is 0.495. The molecule has 0 aliphatic rings. The highest BCUT2D eigenvalue weighted by Crippen LogP contribution is 2.28. The van der Waals surface area contributed by atoms with Crippen molar-refractivity contribution in [2.75, 3.05) is 0 Å². The van der Waals surface area contributed by atoms with Crippen molar-refractivity contribution < 1.29 is 0 Å². The second-order valence-corrected chi connectivity index (χ2v) is 6.20. The van der Waals surface area contributed by atoms with Crippen LogP contribution in [0.15, 0.2) is 45.1 Å². The zero-order valence-corrected chi connectivity index (χ0v) is 12.8. The van der Waals surface area contributed by atoms with Gasteiger partial charge >= 0.3 is 0 Å². The molecule has 2 N–H and O–H groups in total. The van der Waals surface area contributed by atoms with Crippen LogP contribution < -0.4 is 5.32 Å². The van der Waals surface area contributed by atoms with Gasteiger partial charge in [-0.15, -0.1) is 0 Å². The third kappa shape index (κ3) is 3.86. The fraction of sp³-hybridized carbons (Fsp3) is 0.308. The van der Waals surface area contributed by atoms with E-state index in [-0.39, 0.29) is 0 Å². The lowest BCUT2D eigenvalue weighted by Gasteiger charge is -2.10. The van der Waals surface area contributed by atoms with Crippen LogP contribution >= 0.6 is 27.7 Å². The van der Waals surface area contributed by atoms with E-state index in [9.17, 15) is 0 Å². The highest BCUT2D eigenvalue weighted by molar-refractivity contribution is 9.10. The first kappa shape index (κ1) is 13.6. The molecule has 0 aliphatic heterocycles. The van der Waals surface area contributed by atoms with Crippen molar-refractivity contribution in [1.29, 1.82) is 0 Å². The monoisotopic (exact) mass is 325 g/mol. The van der Waals surface area contributed by atoms with Gasteiger partial charge in [0.1, 0.15) is 0 Å². The van der Waals surface area contributed by atoms with Gasteiger partial charge in [0.05, 0.1) is 0 Å². The van der Waals surface area contributed by atoms with E-state index in [2.05, 4.69) is 63.3 Å². The fourth-order valence-corrected chi connectivity index (χ4v) is 2.91. The van der Waals surface area contributed by atoms with Crippen molar-refractivity contribution in [1.82, 2.24) is 15.3 Å². The predicted octanol–water partition coefficient (Wildman–Crippen LogP) is 3.82. The number of nitrogens with zero attached hydrogens (tertiary/aromatic N) is 1. The molecule has 18 heavy (non-hydrogen) atoms. The van der Waals surface area contributed by atoms with Crippen molar-refractivity contribution >= 4 is 27.7 Å². The van der Waals surface area contributed by atoms with Crippen LogP contribution in [0.5, 0.6) is 0 Å². The molecule has 0 atom stereocenters. The van der Waals surface area contributed by atoms with Gasteiger partial charge in [-0.2, -0.15) is 0 Å². The Balaban J connectivity index is 2.05. The number of aromatic amines is 1. The highest BCUT2D eigenvalue weighted by Gasteiger charge is 2.04. The molecule has 0 fully saturated rings. The average Bonchev–Trinajstić information content (AvgIpc) is 2.80. The van der Waals surface area contributed by atoms with Crippen LogP contribution in [0.4, 0.5) is 0 Å². The largest absolute Gasteiger partial charge is 0.339 e. The molecule has 2 aromatic rings. The maximum Gasteiger partial charge on any atom is 0.170 e. The number of H-pyrrole nitrogens is 1. The van der Waals surface area contributed by atoms with E-state index in [0.717, 1.165) is 16.2 Å². The molecule has 3 nitrogen and oxygen atoms in total. The molecule has 0 aliphatic carbocycles. The number of halogens is 1. The maximum atomic E-state index is 4.20. The molecule has 0 unspecified atom stereocenters. The summed E-state index contributed by atoms with van der Waals surface area (Å²) < 4.78 is 1.13. The summed E-state index contributed by atoms with van der Waals surface area (Å²) in [6.45, 7) is 5.17. The molecule has 2 rings (SSSR count). The molecular weight excluding hydrogens is 310 g/mol. The number of rotatable bonds is 5. The summed E-state index contributed by atoms with van der Waals surface area (Å²) in [5, 5.41) is 4.32. The van der Waals surface area contributed by atoms with Gasteiger partial charge < -0.3 is 10.3 Å². The van der Waals surface area contributed by atoms with Crippen LogP contribution in [0.25, 0.3) is 0 Å². The number of benzene rings is 1. The lowest BCUT2D eigenvalue weighted by Crippen LogP contribution is -2.21. The minimum atomic E-state index is 0.495. The quantitative estimate of drug-likeness (QED) is 0.877. The summed E-state index contributed by atoms with van der Waals surface area (Å²) in [5.41, 5.74) is 1.27. The maximum absolute atomic E-state index is 4.20. The van der Waals surface area contributed by atoms with Crippen molar-refractivity contribution in [2.24, 2.45) is 0 Å². The van der Waals surface area contributed by atoms with Crippen molar-refractivity contribution in [3.05, 3.63) is 40.6 Å². The first-order chi connectivity index (χ1) is 8.65. The van der Waals surface area contributed by atoms with E-state index >= 15 is 0 Å². The van der Waals surface area contributed by atoms with Gasteiger partial charge in [0.15, 0.2) is 5.16 Å². The van der Waals surface area contributed by atoms with Crippen molar-refractivity contribution in [2.45, 2.75) is 36.5 Å². The van der Waals surface area contributed by atoms with Crippen LogP contribution in [-0.2, 0) is 6.54 Å². The van der Waals surface area contributed by atoms with Gasteiger partial charge in [-0.05, 0) is 17.7 Å². The second kappa shape index (κ2) is 6.41. The third-order valence-electron chi connectivity index (χ3n) is 2.41. The molecule has 0 amide bonds. The third-order valence-corrected chi connectivity index (χ3v) is 4.06. The number of nitrogens with one attached hydrogen (secondary N) is 2. The van der Waals surface area contributed by atoms with Gasteiger partial charge in [0.2, 0.25) is 0 Å². The molecule has 5 heteroatoms. The minimum Gasteiger partial charge on any atom is -0.339 e. The SMILES string of the molecule is CC(C)NCc1ccc(Sc2ncc[nH]2)cc1Br. The highest BCUT2D eigenvalue weighted by atomic mass is 79.9. The molecule has 0 spiro atoms. The smallest absolute Gasteiger partial charge is 0.170 e. The van der Waals surface area contributed by atoms with E-state index in [1.807, 2.05) is 6.20 Å². The molecule has 1 heterocycles. The molecule has 0 radical (unpaired) electrons. The van der Waals surface area contributed by atoms with E-state index in [0.29, 0.717) is 6.04 Å². The average molecular weight is 326 g/mol. The van der Waals surface area contributed by atoms with Crippen molar-refractivity contribution in [3.8, 4) is 0 Å². The van der Waals surface area contributed by atoms with E-state index in [1.54, 1.807) is 18.0 Å². The van der Waals surface area contributed by atoms with Crippen LogP contribution in [0.3, 0.4) is 0 Å². The van der Waals surface area contributed by atoms with Gasteiger partial charge in [0.25, 0.3) is 0 Å². The van der Waals surface area contributed by atoms with Gasteiger partial charge in [-0.25, -0.2) is 4.98 Å². The molecule has 0 saturated carbocycles. The summed E-state index contributed by atoms with van der Waals surface area (Å²) in [6, 6.07) is 6.89. The van der Waals surface area contributed by atoms with E-state index < -0.39 is 0 Å². The number of hydrogen-bond acceptors (Lipinski definition) is 3. The van der Waals surface area contributed by atoms with Gasteiger partial charge in [-0.1, -0.05) is 47.6 Å². The Morgan fingerprint density at radius 1 is 1.44 bits per heavy atom. The topological polar surface area (TPSA) is 40.7 Å². The standard InChI is InChI=1S/C13H16BrN3S/c1-9(2)17-8-10-3-4-11(7-12(10)14)18-13-15-5-6-16-13/h3-7,9,17H,8H2,1-2H3,(H,15,16). The fourth-order valence-electron chi connectivity index (χ4n) is 1.47. The Labute approximate surface area is 120 Å². The van der Waals surface area contributed by atoms with Gasteiger partial charge in [-0.3, -0.25) is 0 Å². The van der Waals surface area contributed by atoms with E-state index in [4.69, 9.17) is 0 Å². The number of hydrogen-bond donors (Lipinski definition) is 2. The summed E-state index contributed by atoms with van der Waals surface area (Å²) in [5.74, 6) is 0. The summed E-state index contributed by atoms with van der Waals surface area (Å²) >= 11 is 5.24. The lowest BCUT2D eigenvalue weighted by molar-refractivity contribution is 0.587. The summed E-state index contributed by atoms with van der Waals surface area (Å²) in [7, 11) is 0. The molecule has 0 saturated heterocycles. The molecular formula is C13H16BrN3S. The number of imidazole rings is 1. The Kier molecular flexibility index (Phi) is 4.86. The second-order valence-electron chi connectivity index (χ2n) is 4.29. The zero-order chi connectivity index (χ0) is 13.0. The van der Waals surface area contributed by atoms with Crippen LogP contribution in [0, 0.1) is 0 Å². The van der Waals surface area contributed by atoms with Crippen molar-refractivity contribution in [3.63, 3.8) is 0 Å². The molecule has 0 bridgehead atoms. The molecule has 1 aromatic carbocycles. The Hall–Kier alpha value is -0.780. The molecule has 1 aromatic heterocycles. The van der Waals surface area contributed by atoms with Crippen LogP contribution in [0.1, 0.15) is 19.4 Å². The summed E-state index contributed by atoms with van der Waals surface area (Å²) in [6.07, 6.45) is 3.59. The first-order valence-electron chi connectivity index (χ1n) is 5.84. The number of aromatic nitrogens is 2. The van der Waals surface area contributed by atoms with Gasteiger partial charge in [0, 0.05) is 34.3 Å². The summed E-state index contributed by atoms with van der Waals surface area (Å²) in [4.78, 5) is 8.46. The molecule has 96 valence electrons. The normalized spacial score (nSPS) is 11.1. The first-order valence-corrected chi connectivity index (χ1v) is 7.45. The lowest BCUT2D eigenvalue weighted by atomic mass is 10.2.